The first kappa shape index (κ1) is 22.2. The summed E-state index contributed by atoms with van der Waals surface area (Å²) in [4.78, 5) is 17.3. The van der Waals surface area contributed by atoms with Crippen molar-refractivity contribution < 1.29 is 27.9 Å². The Balaban J connectivity index is 1.97. The van der Waals surface area contributed by atoms with E-state index in [1.807, 2.05) is 6.07 Å². The number of carbonyl (C=O) groups excluding carboxylic acids is 1. The van der Waals surface area contributed by atoms with Crippen LogP contribution in [0.1, 0.15) is 18.1 Å². The van der Waals surface area contributed by atoms with Gasteiger partial charge in [0.1, 0.15) is 0 Å². The van der Waals surface area contributed by atoms with Gasteiger partial charge in [-0.05, 0) is 36.8 Å². The van der Waals surface area contributed by atoms with E-state index in [0.717, 1.165) is 5.56 Å². The van der Waals surface area contributed by atoms with Gasteiger partial charge in [-0.1, -0.05) is 35.0 Å². The Bertz CT molecular complexity index is 880. The molecule has 10 heteroatoms. The van der Waals surface area contributed by atoms with Crippen LogP contribution in [0.4, 0.5) is 8.78 Å². The standard InChI is InChI=1S/C19H20ClF2N3O4/c1-11(18(26)24-10-13-5-3-4-6-14(13)20)29-25-17(23)12-7-8-15(28-19(21)22)16(9-12)27-2/h3-9,11,19H,10H2,1-2H3,(H2,23,25)(H,24,26). The van der Waals surface area contributed by atoms with Crippen LogP contribution in [0.25, 0.3) is 0 Å². The predicted molar refractivity (Wildman–Crippen MR) is 104 cm³/mol. The molecule has 0 fully saturated rings. The third kappa shape index (κ3) is 6.49. The van der Waals surface area contributed by atoms with Gasteiger partial charge < -0.3 is 25.4 Å². The summed E-state index contributed by atoms with van der Waals surface area (Å²) in [5, 5.41) is 6.94. The highest BCUT2D eigenvalue weighted by Crippen LogP contribution is 2.29. The van der Waals surface area contributed by atoms with E-state index in [1.54, 1.807) is 18.2 Å². The second-order valence-electron chi connectivity index (χ2n) is 5.78. The number of nitrogens with two attached hydrogens (primary N) is 1. The molecule has 2 aromatic carbocycles. The summed E-state index contributed by atoms with van der Waals surface area (Å²) >= 11 is 6.04. The molecule has 0 aliphatic carbocycles. The fourth-order valence-electron chi connectivity index (χ4n) is 2.22. The number of hydrogen-bond acceptors (Lipinski definition) is 5. The summed E-state index contributed by atoms with van der Waals surface area (Å²) in [6.07, 6.45) is -0.931. The smallest absolute Gasteiger partial charge is 0.387 e. The van der Waals surface area contributed by atoms with Crippen LogP contribution >= 0.6 is 11.6 Å². The summed E-state index contributed by atoms with van der Waals surface area (Å²) in [6, 6.07) is 11.1. The normalized spacial score (nSPS) is 12.4. The van der Waals surface area contributed by atoms with Crippen LogP contribution in [0.3, 0.4) is 0 Å². The number of amidine groups is 1. The average Bonchev–Trinajstić information content (AvgIpc) is 2.70. The Morgan fingerprint density at radius 1 is 1.24 bits per heavy atom. The minimum absolute atomic E-state index is 0.0477. The van der Waals surface area contributed by atoms with Gasteiger partial charge in [-0.3, -0.25) is 4.79 Å². The lowest BCUT2D eigenvalue weighted by molar-refractivity contribution is -0.131. The lowest BCUT2D eigenvalue weighted by Crippen LogP contribution is -2.33. The highest BCUT2D eigenvalue weighted by atomic mass is 35.5. The van der Waals surface area contributed by atoms with Gasteiger partial charge in [0, 0.05) is 17.1 Å². The molecule has 0 heterocycles. The lowest BCUT2D eigenvalue weighted by atomic mass is 10.2. The first-order valence-electron chi connectivity index (χ1n) is 8.45. The number of hydrogen-bond donors (Lipinski definition) is 2. The van der Waals surface area contributed by atoms with Crippen molar-refractivity contribution in [2.45, 2.75) is 26.2 Å². The van der Waals surface area contributed by atoms with Crippen LogP contribution in [-0.4, -0.2) is 31.6 Å². The van der Waals surface area contributed by atoms with Crippen molar-refractivity contribution in [2.75, 3.05) is 7.11 Å². The van der Waals surface area contributed by atoms with Gasteiger partial charge in [0.2, 0.25) is 6.10 Å². The zero-order chi connectivity index (χ0) is 21.4. The van der Waals surface area contributed by atoms with Gasteiger partial charge in [-0.2, -0.15) is 8.78 Å². The van der Waals surface area contributed by atoms with Crippen molar-refractivity contribution in [3.05, 3.63) is 58.6 Å². The van der Waals surface area contributed by atoms with Crippen molar-refractivity contribution in [3.63, 3.8) is 0 Å². The molecule has 29 heavy (non-hydrogen) atoms. The molecule has 0 aliphatic rings. The second kappa shape index (κ2) is 10.5. The number of benzene rings is 2. The topological polar surface area (TPSA) is 95.2 Å². The largest absolute Gasteiger partial charge is 0.493 e. The molecule has 0 saturated carbocycles. The van der Waals surface area contributed by atoms with Crippen molar-refractivity contribution in [3.8, 4) is 11.5 Å². The Kier molecular flexibility index (Phi) is 8.02. The van der Waals surface area contributed by atoms with Crippen molar-refractivity contribution in [1.29, 1.82) is 0 Å². The molecule has 1 amide bonds. The van der Waals surface area contributed by atoms with Gasteiger partial charge in [-0.15, -0.1) is 0 Å². The average molecular weight is 428 g/mol. The molecular weight excluding hydrogens is 408 g/mol. The van der Waals surface area contributed by atoms with Gasteiger partial charge >= 0.3 is 6.61 Å². The maximum Gasteiger partial charge on any atom is 0.387 e. The maximum absolute atomic E-state index is 12.4. The number of nitrogens with one attached hydrogen (secondary N) is 1. The molecule has 1 unspecified atom stereocenters. The molecule has 0 aromatic heterocycles. The number of amides is 1. The summed E-state index contributed by atoms with van der Waals surface area (Å²) in [6.45, 7) is -1.26. The van der Waals surface area contributed by atoms with Crippen LogP contribution in [-0.2, 0) is 16.2 Å². The zero-order valence-electron chi connectivity index (χ0n) is 15.7. The highest BCUT2D eigenvalue weighted by molar-refractivity contribution is 6.31. The van der Waals surface area contributed by atoms with E-state index in [1.165, 1.54) is 32.2 Å². The first-order valence-corrected chi connectivity index (χ1v) is 8.83. The summed E-state index contributed by atoms with van der Waals surface area (Å²) in [7, 11) is 1.30. The number of methoxy groups -OCH3 is 1. The van der Waals surface area contributed by atoms with E-state index < -0.39 is 18.6 Å². The fraction of sp³-hybridized carbons (Fsp3) is 0.263. The molecule has 0 saturated heterocycles. The van der Waals surface area contributed by atoms with Crippen molar-refractivity contribution >= 4 is 23.3 Å². The van der Waals surface area contributed by atoms with E-state index in [-0.39, 0.29) is 23.9 Å². The van der Waals surface area contributed by atoms with E-state index in [9.17, 15) is 13.6 Å². The Labute approximate surface area is 171 Å². The van der Waals surface area contributed by atoms with Crippen LogP contribution in [0, 0.1) is 0 Å². The quantitative estimate of drug-likeness (QED) is 0.364. The molecular formula is C19H20ClF2N3O4. The lowest BCUT2D eigenvalue weighted by Gasteiger charge is -2.13. The van der Waals surface area contributed by atoms with Crippen molar-refractivity contribution in [1.82, 2.24) is 5.32 Å². The third-order valence-electron chi connectivity index (χ3n) is 3.76. The van der Waals surface area contributed by atoms with Gasteiger partial charge in [0.05, 0.1) is 7.11 Å². The number of ether oxygens (including phenoxy) is 2. The zero-order valence-corrected chi connectivity index (χ0v) is 16.5. The number of carbonyl (C=O) groups is 1. The van der Waals surface area contributed by atoms with E-state index in [0.29, 0.717) is 10.6 Å². The van der Waals surface area contributed by atoms with Crippen molar-refractivity contribution in [2.24, 2.45) is 10.9 Å². The second-order valence-corrected chi connectivity index (χ2v) is 6.18. The molecule has 2 aromatic rings. The predicted octanol–water partition coefficient (Wildman–Crippen LogP) is 3.29. The molecule has 7 nitrogen and oxygen atoms in total. The third-order valence-corrected chi connectivity index (χ3v) is 4.13. The van der Waals surface area contributed by atoms with Gasteiger partial charge in [0.15, 0.2) is 17.3 Å². The fourth-order valence-corrected chi connectivity index (χ4v) is 2.43. The first-order chi connectivity index (χ1) is 13.8. The van der Waals surface area contributed by atoms with E-state index >= 15 is 0 Å². The van der Waals surface area contributed by atoms with Crippen LogP contribution in [0.2, 0.25) is 5.02 Å². The minimum Gasteiger partial charge on any atom is -0.493 e. The Morgan fingerprint density at radius 2 is 1.97 bits per heavy atom. The molecule has 0 bridgehead atoms. The number of oxime groups is 1. The molecule has 2 rings (SSSR count). The van der Waals surface area contributed by atoms with Gasteiger partial charge in [-0.25, -0.2) is 0 Å². The summed E-state index contributed by atoms with van der Waals surface area (Å²) < 4.78 is 34.1. The Morgan fingerprint density at radius 3 is 2.62 bits per heavy atom. The summed E-state index contributed by atoms with van der Waals surface area (Å²) in [5.41, 5.74) is 6.93. The molecule has 0 spiro atoms. The highest BCUT2D eigenvalue weighted by Gasteiger charge is 2.16. The van der Waals surface area contributed by atoms with Crippen LogP contribution in [0.5, 0.6) is 11.5 Å². The van der Waals surface area contributed by atoms with E-state index in [2.05, 4.69) is 15.2 Å². The number of rotatable bonds is 9. The molecule has 156 valence electrons. The monoisotopic (exact) mass is 427 g/mol. The molecule has 1 atom stereocenters. The maximum atomic E-state index is 12.4. The molecule has 3 N–H and O–H groups in total. The van der Waals surface area contributed by atoms with Crippen LogP contribution in [0.15, 0.2) is 47.6 Å². The molecule has 0 radical (unpaired) electrons. The number of alkyl halides is 2. The number of halogens is 3. The van der Waals surface area contributed by atoms with Gasteiger partial charge in [0.25, 0.3) is 5.91 Å². The SMILES string of the molecule is COc1cc(/C(N)=N/OC(C)C(=O)NCc2ccccc2Cl)ccc1OC(F)F. The van der Waals surface area contributed by atoms with E-state index in [4.69, 9.17) is 26.9 Å². The number of nitrogens with zero attached hydrogens (tertiary/aromatic N) is 1. The summed E-state index contributed by atoms with van der Waals surface area (Å²) in [5.74, 6) is -0.587. The Hall–Kier alpha value is -3.07. The minimum atomic E-state index is -2.99. The molecule has 0 aliphatic heterocycles. The van der Waals surface area contributed by atoms with Crippen LogP contribution < -0.4 is 20.5 Å².